The number of nitrogens with zero attached hydrogens (tertiary/aromatic N) is 1. The van der Waals surface area contributed by atoms with Crippen LogP contribution < -0.4 is 4.90 Å². The van der Waals surface area contributed by atoms with Crippen LogP contribution >= 0.6 is 0 Å². The van der Waals surface area contributed by atoms with Crippen molar-refractivity contribution in [1.82, 2.24) is 0 Å². The zero-order valence-corrected chi connectivity index (χ0v) is 27.4. The van der Waals surface area contributed by atoms with Crippen molar-refractivity contribution in [3.63, 3.8) is 0 Å². The molecule has 7 aromatic rings. The summed E-state index contributed by atoms with van der Waals surface area (Å²) in [7, 11) is 0. The van der Waals surface area contributed by atoms with E-state index in [4.69, 9.17) is 0 Å². The molecule has 0 saturated carbocycles. The lowest BCUT2D eigenvalue weighted by molar-refractivity contribution is 0.660. The monoisotopic (exact) mass is 603 g/mol. The molecule has 0 aromatic heterocycles. The van der Waals surface area contributed by atoms with Crippen molar-refractivity contribution in [2.24, 2.45) is 0 Å². The molecule has 1 heteroatoms. The maximum absolute atomic E-state index is 2.45. The van der Waals surface area contributed by atoms with Crippen molar-refractivity contribution in [3.8, 4) is 33.4 Å². The zero-order valence-electron chi connectivity index (χ0n) is 27.4. The van der Waals surface area contributed by atoms with Crippen LogP contribution in [0.25, 0.3) is 44.2 Å². The fraction of sp³-hybridized carbons (Fsp3) is 0.130. The first-order valence-corrected chi connectivity index (χ1v) is 16.7. The molecule has 2 aliphatic rings. The normalized spacial score (nSPS) is 14.7. The van der Waals surface area contributed by atoms with Crippen LogP contribution in [0.4, 0.5) is 17.1 Å². The molecular weight excluding hydrogens is 567 g/mol. The Hall–Kier alpha value is -5.40. The fourth-order valence-electron chi connectivity index (χ4n) is 8.31. The molecule has 0 heterocycles. The third-order valence-corrected chi connectivity index (χ3v) is 10.8. The van der Waals surface area contributed by atoms with Crippen LogP contribution in [0.1, 0.15) is 49.9 Å². The van der Waals surface area contributed by atoms with Crippen LogP contribution in [-0.4, -0.2) is 0 Å². The molecule has 0 spiro atoms. The van der Waals surface area contributed by atoms with Gasteiger partial charge in [0, 0.05) is 27.9 Å². The smallest absolute Gasteiger partial charge is 0.0468 e. The average molecular weight is 604 g/mol. The molecule has 0 unspecified atom stereocenters. The summed E-state index contributed by atoms with van der Waals surface area (Å²) in [5.41, 5.74) is 16.7. The van der Waals surface area contributed by atoms with Gasteiger partial charge in [0.2, 0.25) is 0 Å². The van der Waals surface area contributed by atoms with E-state index in [0.717, 1.165) is 17.1 Å². The number of rotatable bonds is 4. The largest absolute Gasteiger partial charge is 0.310 e. The van der Waals surface area contributed by atoms with E-state index in [9.17, 15) is 0 Å². The third-order valence-electron chi connectivity index (χ3n) is 10.8. The Morgan fingerprint density at radius 3 is 1.57 bits per heavy atom. The third kappa shape index (κ3) is 4.16. The second kappa shape index (κ2) is 10.0. The lowest BCUT2D eigenvalue weighted by atomic mass is 9.82. The van der Waals surface area contributed by atoms with Gasteiger partial charge in [0.15, 0.2) is 0 Å². The zero-order chi connectivity index (χ0) is 31.9. The Morgan fingerprint density at radius 2 is 0.851 bits per heavy atom. The summed E-state index contributed by atoms with van der Waals surface area (Å²) in [6.07, 6.45) is 0. The lowest BCUT2D eigenvalue weighted by Gasteiger charge is -2.28. The second-order valence-corrected chi connectivity index (χ2v) is 14.3. The molecule has 0 bridgehead atoms. The topological polar surface area (TPSA) is 3.24 Å². The van der Waals surface area contributed by atoms with Crippen LogP contribution in [0.5, 0.6) is 0 Å². The Kier molecular flexibility index (Phi) is 5.96. The highest BCUT2D eigenvalue weighted by molar-refractivity contribution is 5.95. The van der Waals surface area contributed by atoms with E-state index in [1.807, 2.05) is 0 Å². The minimum Gasteiger partial charge on any atom is -0.310 e. The van der Waals surface area contributed by atoms with Gasteiger partial charge in [-0.25, -0.2) is 0 Å². The number of hydrogen-bond acceptors (Lipinski definition) is 1. The molecule has 9 rings (SSSR count). The number of fused-ring (bicyclic) bond motifs is 7. The van der Waals surface area contributed by atoms with E-state index >= 15 is 0 Å². The quantitative estimate of drug-likeness (QED) is 0.193. The molecule has 226 valence electrons. The molecular formula is C46H37N. The van der Waals surface area contributed by atoms with Crippen LogP contribution in [0.2, 0.25) is 0 Å². The summed E-state index contributed by atoms with van der Waals surface area (Å²) in [6, 6.07) is 56.3. The average Bonchev–Trinajstić information content (AvgIpc) is 3.46. The number of benzene rings is 7. The predicted octanol–water partition coefficient (Wildman–Crippen LogP) is 12.6. The molecule has 0 atom stereocenters. The van der Waals surface area contributed by atoms with Gasteiger partial charge in [0.05, 0.1) is 0 Å². The van der Waals surface area contributed by atoms with Gasteiger partial charge in [-0.2, -0.15) is 0 Å². The first kappa shape index (κ1) is 27.9. The van der Waals surface area contributed by atoms with Gasteiger partial charge in [-0.1, -0.05) is 131 Å². The lowest BCUT2D eigenvalue weighted by Crippen LogP contribution is -2.16. The summed E-state index contributed by atoms with van der Waals surface area (Å²) in [4.78, 5) is 2.45. The first-order valence-electron chi connectivity index (χ1n) is 16.7. The summed E-state index contributed by atoms with van der Waals surface area (Å²) in [6.45, 7) is 9.43. The van der Waals surface area contributed by atoms with Gasteiger partial charge in [0.1, 0.15) is 0 Å². The van der Waals surface area contributed by atoms with Crippen LogP contribution in [0, 0.1) is 0 Å². The van der Waals surface area contributed by atoms with Crippen molar-refractivity contribution < 1.29 is 0 Å². The van der Waals surface area contributed by atoms with Gasteiger partial charge < -0.3 is 4.90 Å². The maximum Gasteiger partial charge on any atom is 0.0468 e. The summed E-state index contributed by atoms with van der Waals surface area (Å²) in [5, 5.41) is 2.58. The van der Waals surface area contributed by atoms with Crippen LogP contribution in [0.3, 0.4) is 0 Å². The maximum atomic E-state index is 2.45. The molecule has 47 heavy (non-hydrogen) atoms. The first-order chi connectivity index (χ1) is 22.8. The molecule has 0 radical (unpaired) electrons. The molecule has 0 aliphatic heterocycles. The number of hydrogen-bond donors (Lipinski definition) is 0. The highest BCUT2D eigenvalue weighted by Gasteiger charge is 2.37. The minimum atomic E-state index is -0.0753. The van der Waals surface area contributed by atoms with Crippen molar-refractivity contribution in [3.05, 3.63) is 174 Å². The SMILES string of the molecule is CC1(C)c2ccccc2-c2cc(N(c3cccc(-c4ccccc4)c3)c3ccc4c(c3)-c3cc5ccccc5cc3C4(C)C)ccc21. The van der Waals surface area contributed by atoms with Crippen molar-refractivity contribution in [1.29, 1.82) is 0 Å². The van der Waals surface area contributed by atoms with Gasteiger partial charge in [-0.05, 0) is 115 Å². The molecule has 0 N–H and O–H groups in total. The Bertz CT molecular complexity index is 2360. The predicted molar refractivity (Wildman–Crippen MR) is 199 cm³/mol. The van der Waals surface area contributed by atoms with Gasteiger partial charge in [0.25, 0.3) is 0 Å². The van der Waals surface area contributed by atoms with Gasteiger partial charge in [-0.3, -0.25) is 0 Å². The summed E-state index contributed by atoms with van der Waals surface area (Å²) < 4.78 is 0. The van der Waals surface area contributed by atoms with Crippen molar-refractivity contribution in [2.75, 3.05) is 4.90 Å². The summed E-state index contributed by atoms with van der Waals surface area (Å²) >= 11 is 0. The second-order valence-electron chi connectivity index (χ2n) is 14.3. The summed E-state index contributed by atoms with van der Waals surface area (Å²) in [5.74, 6) is 0. The molecule has 0 amide bonds. The number of anilines is 3. The Morgan fingerprint density at radius 1 is 0.340 bits per heavy atom. The molecule has 0 fully saturated rings. The van der Waals surface area contributed by atoms with Gasteiger partial charge in [-0.15, -0.1) is 0 Å². The Labute approximate surface area is 277 Å². The molecule has 0 saturated heterocycles. The highest BCUT2D eigenvalue weighted by Crippen LogP contribution is 2.53. The van der Waals surface area contributed by atoms with Gasteiger partial charge >= 0.3 is 0 Å². The van der Waals surface area contributed by atoms with E-state index in [1.54, 1.807) is 0 Å². The van der Waals surface area contributed by atoms with Crippen LogP contribution in [0.15, 0.2) is 152 Å². The van der Waals surface area contributed by atoms with E-state index in [1.165, 1.54) is 66.4 Å². The van der Waals surface area contributed by atoms with Crippen molar-refractivity contribution >= 4 is 27.8 Å². The van der Waals surface area contributed by atoms with E-state index in [-0.39, 0.29) is 10.8 Å². The Balaban J connectivity index is 1.26. The minimum absolute atomic E-state index is 0.0336. The molecule has 2 aliphatic carbocycles. The molecule has 7 aromatic carbocycles. The van der Waals surface area contributed by atoms with E-state index in [2.05, 4.69) is 184 Å². The van der Waals surface area contributed by atoms with E-state index < -0.39 is 0 Å². The fourth-order valence-corrected chi connectivity index (χ4v) is 8.31. The highest BCUT2D eigenvalue weighted by atomic mass is 15.1. The molecule has 1 nitrogen and oxygen atoms in total. The van der Waals surface area contributed by atoms with Crippen molar-refractivity contribution in [2.45, 2.75) is 38.5 Å². The van der Waals surface area contributed by atoms with Crippen LogP contribution in [-0.2, 0) is 10.8 Å². The standard InChI is InChI=1S/C46H37N/c1-45(2)41-20-11-10-19-37(41)39-28-35(21-23-42(39)45)47(34-18-12-17-31(25-34)30-13-6-5-7-14-30)36-22-24-43-40(29-36)38-26-32-15-8-9-16-33(32)27-44(38)46(43,3)4/h5-29H,1-4H3. The van der Waals surface area contributed by atoms with E-state index in [0.29, 0.717) is 0 Å².